The van der Waals surface area contributed by atoms with Crippen molar-refractivity contribution in [1.82, 2.24) is 14.9 Å². The Bertz CT molecular complexity index is 1010. The molecule has 31 heavy (non-hydrogen) atoms. The number of halogens is 1. The zero-order chi connectivity index (χ0) is 22.0. The number of ether oxygens (including phenoxy) is 1. The van der Waals surface area contributed by atoms with Gasteiger partial charge in [0.2, 0.25) is 11.7 Å². The summed E-state index contributed by atoms with van der Waals surface area (Å²) in [4.78, 5) is 31.5. The number of carbonyl (C=O) groups excluding carboxylic acids is 1. The van der Waals surface area contributed by atoms with Crippen LogP contribution in [-0.4, -0.2) is 45.9 Å². The Morgan fingerprint density at radius 1 is 1.23 bits per heavy atom. The first-order valence-corrected chi connectivity index (χ1v) is 10.6. The molecule has 0 aliphatic carbocycles. The van der Waals surface area contributed by atoms with Gasteiger partial charge in [0.1, 0.15) is 5.82 Å². The largest absolute Gasteiger partial charge is 0.501 e. The molecular formula is C22H27FN4O4. The monoisotopic (exact) mass is 430 g/mol. The molecular weight excluding hydrogens is 403 g/mol. The lowest BCUT2D eigenvalue weighted by Gasteiger charge is -2.44. The fraction of sp³-hybridized carbons (Fsp3) is 0.500. The van der Waals surface area contributed by atoms with E-state index in [1.54, 1.807) is 12.1 Å². The first-order chi connectivity index (χ1) is 14.9. The number of benzene rings is 1. The molecule has 1 amide bonds. The standard InChI is InChI=1S/C22H27FN4O4/c1-26-20(30)18(28)17(19(29)24-14-15-4-6-16(23)7-5-15)25-21(26)27-11-9-22(10-12-27)8-2-3-13-31-22/h4-7,28H,2-3,8-14H2,1H3,(H,24,29). The molecule has 0 atom stereocenters. The number of hydrogen-bond acceptors (Lipinski definition) is 6. The van der Waals surface area contributed by atoms with E-state index >= 15 is 0 Å². The maximum absolute atomic E-state index is 13.0. The van der Waals surface area contributed by atoms with Crippen LogP contribution in [0.5, 0.6) is 5.75 Å². The first-order valence-electron chi connectivity index (χ1n) is 10.6. The van der Waals surface area contributed by atoms with Crippen LogP contribution in [0.25, 0.3) is 0 Å². The van der Waals surface area contributed by atoms with Crippen molar-refractivity contribution in [2.75, 3.05) is 24.6 Å². The number of aromatic nitrogens is 2. The van der Waals surface area contributed by atoms with Crippen molar-refractivity contribution in [2.24, 2.45) is 7.05 Å². The van der Waals surface area contributed by atoms with Crippen LogP contribution >= 0.6 is 0 Å². The second kappa shape index (κ2) is 8.66. The molecule has 2 fully saturated rings. The molecule has 9 heteroatoms. The molecule has 2 saturated heterocycles. The van der Waals surface area contributed by atoms with Gasteiger partial charge in [-0.25, -0.2) is 9.37 Å². The van der Waals surface area contributed by atoms with Crippen LogP contribution < -0.4 is 15.8 Å². The van der Waals surface area contributed by atoms with E-state index in [0.29, 0.717) is 24.6 Å². The van der Waals surface area contributed by atoms with Gasteiger partial charge in [-0.1, -0.05) is 12.1 Å². The van der Waals surface area contributed by atoms with Crippen molar-refractivity contribution in [1.29, 1.82) is 0 Å². The Hall–Kier alpha value is -2.94. The van der Waals surface area contributed by atoms with Crippen molar-refractivity contribution >= 4 is 11.9 Å². The van der Waals surface area contributed by atoms with Gasteiger partial charge in [-0.2, -0.15) is 0 Å². The molecule has 1 aromatic heterocycles. The first kappa shape index (κ1) is 21.3. The van der Waals surface area contributed by atoms with Crippen LogP contribution in [0.4, 0.5) is 10.3 Å². The van der Waals surface area contributed by atoms with Crippen molar-refractivity contribution in [2.45, 2.75) is 44.2 Å². The maximum atomic E-state index is 13.0. The minimum absolute atomic E-state index is 0.0973. The highest BCUT2D eigenvalue weighted by Crippen LogP contribution is 2.35. The number of carbonyl (C=O) groups is 1. The molecule has 0 bridgehead atoms. The topological polar surface area (TPSA) is 96.7 Å². The van der Waals surface area contributed by atoms with Crippen molar-refractivity contribution in [3.05, 3.63) is 51.7 Å². The van der Waals surface area contributed by atoms with E-state index in [-0.39, 0.29) is 23.7 Å². The van der Waals surface area contributed by atoms with E-state index in [1.165, 1.54) is 23.7 Å². The average molecular weight is 430 g/mol. The average Bonchev–Trinajstić information content (AvgIpc) is 2.78. The molecule has 0 radical (unpaired) electrons. The minimum Gasteiger partial charge on any atom is -0.501 e. The van der Waals surface area contributed by atoms with Crippen LogP contribution in [0.2, 0.25) is 0 Å². The Balaban J connectivity index is 1.51. The van der Waals surface area contributed by atoms with E-state index < -0.39 is 17.2 Å². The zero-order valence-corrected chi connectivity index (χ0v) is 17.6. The minimum atomic E-state index is -0.688. The highest BCUT2D eigenvalue weighted by Gasteiger charge is 2.38. The Morgan fingerprint density at radius 2 is 1.94 bits per heavy atom. The second-order valence-electron chi connectivity index (χ2n) is 8.26. The van der Waals surface area contributed by atoms with Crippen LogP contribution in [0.1, 0.15) is 48.2 Å². The highest BCUT2D eigenvalue weighted by molar-refractivity contribution is 5.95. The number of amides is 1. The summed E-state index contributed by atoms with van der Waals surface area (Å²) in [5.41, 5.74) is -0.396. The van der Waals surface area contributed by atoms with Gasteiger partial charge in [0.05, 0.1) is 5.60 Å². The third kappa shape index (κ3) is 4.41. The van der Waals surface area contributed by atoms with E-state index in [9.17, 15) is 19.1 Å². The third-order valence-electron chi connectivity index (χ3n) is 6.22. The molecule has 0 unspecified atom stereocenters. The number of anilines is 1. The van der Waals surface area contributed by atoms with E-state index in [4.69, 9.17) is 4.74 Å². The maximum Gasteiger partial charge on any atom is 0.297 e. The Kier molecular flexibility index (Phi) is 5.95. The van der Waals surface area contributed by atoms with Gasteiger partial charge in [-0.15, -0.1) is 0 Å². The fourth-order valence-electron chi connectivity index (χ4n) is 4.31. The molecule has 8 nitrogen and oxygen atoms in total. The van der Waals surface area contributed by atoms with Gasteiger partial charge in [0.15, 0.2) is 5.69 Å². The van der Waals surface area contributed by atoms with Gasteiger partial charge in [0.25, 0.3) is 11.5 Å². The predicted octanol–water partition coefficient (Wildman–Crippen LogP) is 2.09. The van der Waals surface area contributed by atoms with Crippen LogP contribution in [0.3, 0.4) is 0 Å². The number of aromatic hydroxyl groups is 1. The quantitative estimate of drug-likeness (QED) is 0.771. The summed E-state index contributed by atoms with van der Waals surface area (Å²) in [5, 5.41) is 12.9. The number of piperidine rings is 1. The lowest BCUT2D eigenvalue weighted by Crippen LogP contribution is -2.49. The van der Waals surface area contributed by atoms with Crippen molar-refractivity contribution in [3.8, 4) is 5.75 Å². The van der Waals surface area contributed by atoms with E-state index in [2.05, 4.69) is 10.3 Å². The Morgan fingerprint density at radius 3 is 2.58 bits per heavy atom. The summed E-state index contributed by atoms with van der Waals surface area (Å²) < 4.78 is 20.4. The number of hydrogen-bond donors (Lipinski definition) is 2. The van der Waals surface area contributed by atoms with Gasteiger partial charge in [-0.05, 0) is 49.8 Å². The van der Waals surface area contributed by atoms with Crippen LogP contribution in [0, 0.1) is 5.82 Å². The summed E-state index contributed by atoms with van der Waals surface area (Å²) in [6.07, 6.45) is 4.95. The van der Waals surface area contributed by atoms with Crippen LogP contribution in [0.15, 0.2) is 29.1 Å². The molecule has 1 aromatic carbocycles. The van der Waals surface area contributed by atoms with E-state index in [1.807, 2.05) is 4.90 Å². The van der Waals surface area contributed by atoms with Gasteiger partial charge in [0, 0.05) is 33.3 Å². The SMILES string of the molecule is Cn1c(N2CCC3(CCCCO3)CC2)nc(C(=O)NCc2ccc(F)cc2)c(O)c1=O. The lowest BCUT2D eigenvalue weighted by molar-refractivity contribution is -0.0922. The molecule has 4 rings (SSSR count). The van der Waals surface area contributed by atoms with Gasteiger partial charge in [-0.3, -0.25) is 14.2 Å². The van der Waals surface area contributed by atoms with Gasteiger partial charge < -0.3 is 20.1 Å². The fourth-order valence-corrected chi connectivity index (χ4v) is 4.31. The zero-order valence-electron chi connectivity index (χ0n) is 17.6. The predicted molar refractivity (Wildman–Crippen MR) is 113 cm³/mol. The molecule has 2 aliphatic heterocycles. The molecule has 166 valence electrons. The number of nitrogens with zero attached hydrogens (tertiary/aromatic N) is 3. The van der Waals surface area contributed by atoms with Crippen molar-refractivity contribution in [3.63, 3.8) is 0 Å². The summed E-state index contributed by atoms with van der Waals surface area (Å²) >= 11 is 0. The molecule has 3 heterocycles. The summed E-state index contributed by atoms with van der Waals surface area (Å²) in [6, 6.07) is 5.70. The summed E-state index contributed by atoms with van der Waals surface area (Å²) in [5.74, 6) is -1.37. The number of rotatable bonds is 4. The lowest BCUT2D eigenvalue weighted by atomic mass is 9.84. The molecule has 2 aliphatic rings. The van der Waals surface area contributed by atoms with Crippen LogP contribution in [-0.2, 0) is 18.3 Å². The highest BCUT2D eigenvalue weighted by atomic mass is 19.1. The summed E-state index contributed by atoms with van der Waals surface area (Å²) in [7, 11) is 1.53. The van der Waals surface area contributed by atoms with Crippen molar-refractivity contribution < 1.29 is 19.0 Å². The smallest absolute Gasteiger partial charge is 0.297 e. The normalized spacial score (nSPS) is 18.2. The van der Waals surface area contributed by atoms with E-state index in [0.717, 1.165) is 38.7 Å². The second-order valence-corrected chi connectivity index (χ2v) is 8.26. The molecule has 1 spiro atoms. The molecule has 2 N–H and O–H groups in total. The molecule has 2 aromatic rings. The van der Waals surface area contributed by atoms with Gasteiger partial charge >= 0.3 is 0 Å². The third-order valence-corrected chi connectivity index (χ3v) is 6.22. The number of nitrogens with one attached hydrogen (secondary N) is 1. The molecule has 0 saturated carbocycles. The summed E-state index contributed by atoms with van der Waals surface area (Å²) in [6.45, 7) is 2.21. The Labute approximate surface area is 179 Å².